The highest BCUT2D eigenvalue weighted by atomic mass is 32.2. The normalized spacial score (nSPS) is 26.2. The second-order valence-corrected chi connectivity index (χ2v) is 6.99. The Bertz CT molecular complexity index is 410. The van der Waals surface area contributed by atoms with Crippen molar-refractivity contribution in [1.82, 2.24) is 15.1 Å². The van der Waals surface area contributed by atoms with Crippen LogP contribution in [0.15, 0.2) is 17.3 Å². The molecule has 1 aliphatic carbocycles. The van der Waals surface area contributed by atoms with E-state index in [-0.39, 0.29) is 12.1 Å². The van der Waals surface area contributed by atoms with Gasteiger partial charge in [-0.05, 0) is 43.9 Å². The molecule has 0 radical (unpaired) electrons. The molecule has 114 valence electrons. The number of rotatable bonds is 8. The second-order valence-electron chi connectivity index (χ2n) is 5.82. The van der Waals surface area contributed by atoms with Crippen LogP contribution in [0.1, 0.15) is 39.0 Å². The fourth-order valence-electron chi connectivity index (χ4n) is 3.23. The highest BCUT2D eigenvalue weighted by Gasteiger charge is 2.41. The molecule has 2 unspecified atom stereocenters. The lowest BCUT2D eigenvalue weighted by molar-refractivity contribution is 0.122. The van der Waals surface area contributed by atoms with Crippen molar-refractivity contribution in [1.29, 1.82) is 0 Å². The van der Waals surface area contributed by atoms with Gasteiger partial charge in [-0.3, -0.25) is 4.68 Å². The number of aliphatic hydroxyl groups excluding tert-OH is 1. The molecule has 1 aromatic rings. The third-order valence-electron chi connectivity index (χ3n) is 4.38. The topological polar surface area (TPSA) is 50.1 Å². The van der Waals surface area contributed by atoms with Crippen molar-refractivity contribution in [3.8, 4) is 0 Å². The van der Waals surface area contributed by atoms with E-state index in [0.29, 0.717) is 5.92 Å². The molecule has 1 aliphatic rings. The van der Waals surface area contributed by atoms with Gasteiger partial charge in [0, 0.05) is 23.7 Å². The van der Waals surface area contributed by atoms with Crippen LogP contribution >= 0.6 is 11.8 Å². The molecular formula is C15H27N3OS. The molecule has 2 N–H and O–H groups in total. The average molecular weight is 297 g/mol. The molecule has 2 rings (SSSR count). The van der Waals surface area contributed by atoms with Crippen molar-refractivity contribution < 1.29 is 5.11 Å². The summed E-state index contributed by atoms with van der Waals surface area (Å²) in [6.45, 7) is 3.46. The standard InChI is InChI=1S/C15H27N3OS/c1-3-8-16-15(12-19)7-4-5-13(15)6-9-20-14-10-17-18(2)11-14/h10-11,13,16,19H,3-9,12H2,1-2H3. The van der Waals surface area contributed by atoms with Crippen molar-refractivity contribution in [3.05, 3.63) is 12.4 Å². The molecule has 0 amide bonds. The van der Waals surface area contributed by atoms with Crippen LogP contribution in [-0.2, 0) is 7.05 Å². The van der Waals surface area contributed by atoms with Crippen molar-refractivity contribution in [2.24, 2.45) is 13.0 Å². The van der Waals surface area contributed by atoms with Crippen LogP contribution < -0.4 is 5.32 Å². The minimum Gasteiger partial charge on any atom is -0.394 e. The predicted octanol–water partition coefficient (Wildman–Crippen LogP) is 2.43. The van der Waals surface area contributed by atoms with E-state index in [1.165, 1.54) is 17.7 Å². The SMILES string of the molecule is CCCNC1(CO)CCCC1CCSc1cnn(C)c1. The average Bonchev–Trinajstić information content (AvgIpc) is 3.04. The zero-order valence-corrected chi connectivity index (χ0v) is 13.5. The van der Waals surface area contributed by atoms with Gasteiger partial charge in [0.25, 0.3) is 0 Å². The number of aryl methyl sites for hydroxylation is 1. The molecule has 1 saturated carbocycles. The third-order valence-corrected chi connectivity index (χ3v) is 5.37. The molecule has 1 aromatic heterocycles. The first kappa shape index (κ1) is 15.9. The summed E-state index contributed by atoms with van der Waals surface area (Å²) in [6.07, 6.45) is 9.87. The Morgan fingerprint density at radius 1 is 1.60 bits per heavy atom. The Balaban J connectivity index is 1.83. The molecule has 2 atom stereocenters. The van der Waals surface area contributed by atoms with Crippen molar-refractivity contribution in [3.63, 3.8) is 0 Å². The van der Waals surface area contributed by atoms with E-state index in [0.717, 1.165) is 31.6 Å². The van der Waals surface area contributed by atoms with Crippen molar-refractivity contribution in [2.45, 2.75) is 49.5 Å². The maximum absolute atomic E-state index is 9.85. The largest absolute Gasteiger partial charge is 0.394 e. The van der Waals surface area contributed by atoms with Gasteiger partial charge >= 0.3 is 0 Å². The highest BCUT2D eigenvalue weighted by Crippen LogP contribution is 2.38. The molecule has 4 nitrogen and oxygen atoms in total. The Morgan fingerprint density at radius 2 is 2.45 bits per heavy atom. The number of aromatic nitrogens is 2. The lowest BCUT2D eigenvalue weighted by Gasteiger charge is -2.35. The lowest BCUT2D eigenvalue weighted by atomic mass is 9.85. The Hall–Kier alpha value is -0.520. The second kappa shape index (κ2) is 7.48. The van der Waals surface area contributed by atoms with Crippen molar-refractivity contribution >= 4 is 11.8 Å². The fourth-order valence-corrected chi connectivity index (χ4v) is 4.21. The van der Waals surface area contributed by atoms with E-state index >= 15 is 0 Å². The van der Waals surface area contributed by atoms with Gasteiger partial charge in [0.15, 0.2) is 0 Å². The summed E-state index contributed by atoms with van der Waals surface area (Å²) in [4.78, 5) is 1.24. The Kier molecular flexibility index (Phi) is 5.93. The van der Waals surface area contributed by atoms with Gasteiger partial charge in [-0.1, -0.05) is 13.3 Å². The predicted molar refractivity (Wildman–Crippen MR) is 84.0 cm³/mol. The number of nitrogens with zero attached hydrogens (tertiary/aromatic N) is 2. The first-order chi connectivity index (χ1) is 9.70. The van der Waals surface area contributed by atoms with Crippen LogP contribution in [0.2, 0.25) is 0 Å². The molecule has 0 saturated heterocycles. The summed E-state index contributed by atoms with van der Waals surface area (Å²) in [6, 6.07) is 0. The van der Waals surface area contributed by atoms with Gasteiger partial charge in [0.2, 0.25) is 0 Å². The Morgan fingerprint density at radius 3 is 3.10 bits per heavy atom. The summed E-state index contributed by atoms with van der Waals surface area (Å²) < 4.78 is 1.85. The van der Waals surface area contributed by atoms with E-state index in [1.54, 1.807) is 0 Å². The van der Waals surface area contributed by atoms with E-state index in [9.17, 15) is 5.11 Å². The van der Waals surface area contributed by atoms with E-state index < -0.39 is 0 Å². The summed E-state index contributed by atoms with van der Waals surface area (Å²) in [7, 11) is 1.95. The number of aliphatic hydroxyl groups is 1. The summed E-state index contributed by atoms with van der Waals surface area (Å²) >= 11 is 1.87. The highest BCUT2D eigenvalue weighted by molar-refractivity contribution is 7.99. The fraction of sp³-hybridized carbons (Fsp3) is 0.800. The van der Waals surface area contributed by atoms with E-state index in [2.05, 4.69) is 23.5 Å². The first-order valence-electron chi connectivity index (χ1n) is 7.67. The van der Waals surface area contributed by atoms with Gasteiger partial charge in [-0.25, -0.2) is 0 Å². The van der Waals surface area contributed by atoms with E-state index in [4.69, 9.17) is 0 Å². The first-order valence-corrected chi connectivity index (χ1v) is 8.66. The van der Waals surface area contributed by atoms with Crippen LogP contribution in [0.25, 0.3) is 0 Å². The molecule has 1 fully saturated rings. The maximum atomic E-state index is 9.85. The molecule has 5 heteroatoms. The Labute approximate surface area is 126 Å². The van der Waals surface area contributed by atoms with Crippen LogP contribution in [0.4, 0.5) is 0 Å². The zero-order valence-electron chi connectivity index (χ0n) is 12.6. The smallest absolute Gasteiger partial charge is 0.0625 e. The summed E-state index contributed by atoms with van der Waals surface area (Å²) in [5.41, 5.74) is -0.0223. The van der Waals surface area contributed by atoms with Crippen LogP contribution in [0.5, 0.6) is 0 Å². The maximum Gasteiger partial charge on any atom is 0.0625 e. The summed E-state index contributed by atoms with van der Waals surface area (Å²) in [5.74, 6) is 1.70. The number of hydrogen-bond donors (Lipinski definition) is 2. The number of thioether (sulfide) groups is 1. The molecule has 0 spiro atoms. The zero-order chi connectivity index (χ0) is 14.4. The summed E-state index contributed by atoms with van der Waals surface area (Å²) in [5, 5.41) is 17.7. The van der Waals surface area contributed by atoms with Crippen molar-refractivity contribution in [2.75, 3.05) is 18.9 Å². The molecule has 20 heavy (non-hydrogen) atoms. The van der Waals surface area contributed by atoms with Gasteiger partial charge < -0.3 is 10.4 Å². The molecular weight excluding hydrogens is 270 g/mol. The number of nitrogens with one attached hydrogen (secondary N) is 1. The van der Waals surface area contributed by atoms with Gasteiger partial charge in [0.1, 0.15) is 0 Å². The van der Waals surface area contributed by atoms with E-state index in [1.807, 2.05) is 29.7 Å². The minimum absolute atomic E-state index is 0.0223. The molecule has 0 aliphatic heterocycles. The minimum atomic E-state index is -0.0223. The quantitative estimate of drug-likeness (QED) is 0.724. The monoisotopic (exact) mass is 297 g/mol. The lowest BCUT2D eigenvalue weighted by Crippen LogP contribution is -2.51. The third kappa shape index (κ3) is 3.77. The molecule has 0 bridgehead atoms. The van der Waals surface area contributed by atoms with Crippen LogP contribution in [0.3, 0.4) is 0 Å². The van der Waals surface area contributed by atoms with Crippen LogP contribution in [-0.4, -0.2) is 39.3 Å². The van der Waals surface area contributed by atoms with Gasteiger partial charge in [-0.2, -0.15) is 5.10 Å². The number of hydrogen-bond acceptors (Lipinski definition) is 4. The van der Waals surface area contributed by atoms with Crippen LogP contribution in [0, 0.1) is 5.92 Å². The van der Waals surface area contributed by atoms with Gasteiger partial charge in [0.05, 0.1) is 12.8 Å². The molecule has 1 heterocycles. The van der Waals surface area contributed by atoms with Gasteiger partial charge in [-0.15, -0.1) is 11.8 Å². The molecule has 0 aromatic carbocycles.